The minimum absolute atomic E-state index is 0.0299. The van der Waals surface area contributed by atoms with Crippen LogP contribution in [0.5, 0.6) is 11.5 Å². The van der Waals surface area contributed by atoms with Crippen LogP contribution in [0.25, 0.3) is 0 Å². The molecule has 0 atom stereocenters. The molecule has 0 aliphatic heterocycles. The van der Waals surface area contributed by atoms with E-state index in [1.807, 2.05) is 31.2 Å². The van der Waals surface area contributed by atoms with Crippen LogP contribution in [-0.2, 0) is 11.3 Å². The van der Waals surface area contributed by atoms with Crippen LogP contribution in [-0.4, -0.2) is 37.5 Å². The van der Waals surface area contributed by atoms with E-state index in [4.69, 9.17) is 9.47 Å². The van der Waals surface area contributed by atoms with Gasteiger partial charge in [-0.15, -0.1) is 0 Å². The van der Waals surface area contributed by atoms with Crippen molar-refractivity contribution in [1.82, 2.24) is 4.90 Å². The van der Waals surface area contributed by atoms with Crippen molar-refractivity contribution in [3.05, 3.63) is 53.6 Å². The van der Waals surface area contributed by atoms with Crippen molar-refractivity contribution in [2.24, 2.45) is 5.92 Å². The molecule has 2 amide bonds. The lowest BCUT2D eigenvalue weighted by atomic mass is 10.1. The van der Waals surface area contributed by atoms with Crippen molar-refractivity contribution in [2.75, 3.05) is 26.1 Å². The van der Waals surface area contributed by atoms with Gasteiger partial charge in [-0.1, -0.05) is 12.1 Å². The van der Waals surface area contributed by atoms with Gasteiger partial charge in [0.15, 0.2) is 11.5 Å². The number of methoxy groups -OCH3 is 2. The van der Waals surface area contributed by atoms with Crippen molar-refractivity contribution in [2.45, 2.75) is 26.3 Å². The largest absolute Gasteiger partial charge is 0.493 e. The molecule has 1 N–H and O–H groups in total. The number of amides is 2. The van der Waals surface area contributed by atoms with E-state index < -0.39 is 0 Å². The lowest BCUT2D eigenvalue weighted by Crippen LogP contribution is -2.30. The summed E-state index contributed by atoms with van der Waals surface area (Å²) < 4.78 is 10.6. The Balaban J connectivity index is 1.73. The third kappa shape index (κ3) is 4.63. The molecule has 148 valence electrons. The lowest BCUT2D eigenvalue weighted by molar-refractivity contribution is -0.117. The summed E-state index contributed by atoms with van der Waals surface area (Å²) in [6, 6.07) is 12.7. The molecule has 0 heterocycles. The SMILES string of the molecule is CCN(Cc1ccc(OC)c(OC)c1)C(=O)c1cccc(NC(=O)C2CC2)c1. The number of carbonyl (C=O) groups is 2. The molecule has 3 rings (SSSR count). The molecule has 6 nitrogen and oxygen atoms in total. The van der Waals surface area contributed by atoms with Crippen LogP contribution in [0, 0.1) is 5.92 Å². The summed E-state index contributed by atoms with van der Waals surface area (Å²) in [4.78, 5) is 26.7. The fraction of sp³-hybridized carbons (Fsp3) is 0.364. The molecule has 0 aromatic heterocycles. The zero-order chi connectivity index (χ0) is 20.1. The highest BCUT2D eigenvalue weighted by Gasteiger charge is 2.29. The Bertz CT molecular complexity index is 861. The number of rotatable bonds is 8. The second kappa shape index (κ2) is 8.78. The van der Waals surface area contributed by atoms with E-state index in [1.54, 1.807) is 37.3 Å². The van der Waals surface area contributed by atoms with Crippen molar-refractivity contribution < 1.29 is 19.1 Å². The number of carbonyl (C=O) groups excluding carboxylic acids is 2. The second-order valence-corrected chi connectivity index (χ2v) is 6.85. The number of hydrogen-bond donors (Lipinski definition) is 1. The third-order valence-corrected chi connectivity index (χ3v) is 4.82. The standard InChI is InChI=1S/C22H26N2O4/c1-4-24(14-15-8-11-19(27-2)20(12-15)28-3)22(26)17-6-5-7-18(13-17)23-21(25)16-9-10-16/h5-8,11-13,16H,4,9-10,14H2,1-3H3,(H,23,25). The molecule has 0 spiro atoms. The summed E-state index contributed by atoms with van der Waals surface area (Å²) >= 11 is 0. The summed E-state index contributed by atoms with van der Waals surface area (Å²) in [6.07, 6.45) is 1.89. The van der Waals surface area contributed by atoms with Gasteiger partial charge >= 0.3 is 0 Å². The highest BCUT2D eigenvalue weighted by Crippen LogP contribution is 2.30. The van der Waals surface area contributed by atoms with Gasteiger partial charge in [0.1, 0.15) is 0 Å². The molecule has 1 aliphatic carbocycles. The molecule has 1 fully saturated rings. The van der Waals surface area contributed by atoms with Crippen molar-refractivity contribution in [3.63, 3.8) is 0 Å². The summed E-state index contributed by atoms with van der Waals surface area (Å²) in [6.45, 7) is 2.96. The Kier molecular flexibility index (Phi) is 6.19. The predicted molar refractivity (Wildman–Crippen MR) is 108 cm³/mol. The van der Waals surface area contributed by atoms with Gasteiger partial charge in [-0.25, -0.2) is 0 Å². The Hall–Kier alpha value is -3.02. The summed E-state index contributed by atoms with van der Waals surface area (Å²) in [5.74, 6) is 1.35. The first-order chi connectivity index (χ1) is 13.5. The number of ether oxygens (including phenoxy) is 2. The zero-order valence-electron chi connectivity index (χ0n) is 16.5. The summed E-state index contributed by atoms with van der Waals surface area (Å²) in [5.41, 5.74) is 2.16. The van der Waals surface area contributed by atoms with Crippen molar-refractivity contribution in [3.8, 4) is 11.5 Å². The van der Waals surface area contributed by atoms with Gasteiger partial charge in [-0.2, -0.15) is 0 Å². The van der Waals surface area contributed by atoms with E-state index in [9.17, 15) is 9.59 Å². The fourth-order valence-corrected chi connectivity index (χ4v) is 3.03. The molecule has 1 saturated carbocycles. The van der Waals surface area contributed by atoms with Crippen LogP contribution in [0.3, 0.4) is 0 Å². The predicted octanol–water partition coefficient (Wildman–Crippen LogP) is 3.71. The van der Waals surface area contributed by atoms with Crippen LogP contribution in [0.2, 0.25) is 0 Å². The highest BCUT2D eigenvalue weighted by molar-refractivity contribution is 5.98. The number of nitrogens with zero attached hydrogens (tertiary/aromatic N) is 1. The third-order valence-electron chi connectivity index (χ3n) is 4.82. The second-order valence-electron chi connectivity index (χ2n) is 6.85. The summed E-state index contributed by atoms with van der Waals surface area (Å²) in [7, 11) is 3.18. The van der Waals surface area contributed by atoms with E-state index >= 15 is 0 Å². The van der Waals surface area contributed by atoms with Gasteiger partial charge in [0.2, 0.25) is 5.91 Å². The quantitative estimate of drug-likeness (QED) is 0.756. The van der Waals surface area contributed by atoms with E-state index in [2.05, 4.69) is 5.32 Å². The Morgan fingerprint density at radius 1 is 1.07 bits per heavy atom. The number of hydrogen-bond acceptors (Lipinski definition) is 4. The van der Waals surface area contributed by atoms with E-state index in [0.29, 0.717) is 35.8 Å². The molecule has 6 heteroatoms. The number of anilines is 1. The Morgan fingerprint density at radius 3 is 2.46 bits per heavy atom. The molecule has 1 aliphatic rings. The molecule has 0 saturated heterocycles. The molecular formula is C22H26N2O4. The number of nitrogens with one attached hydrogen (secondary N) is 1. The maximum atomic E-state index is 13.0. The Labute approximate surface area is 165 Å². The van der Waals surface area contributed by atoms with Crippen LogP contribution in [0.4, 0.5) is 5.69 Å². The normalized spacial score (nSPS) is 13.0. The van der Waals surface area contributed by atoms with Gasteiger partial charge in [-0.3, -0.25) is 9.59 Å². The van der Waals surface area contributed by atoms with Crippen LogP contribution in [0.15, 0.2) is 42.5 Å². The zero-order valence-corrected chi connectivity index (χ0v) is 16.5. The van der Waals surface area contributed by atoms with Crippen LogP contribution >= 0.6 is 0 Å². The topological polar surface area (TPSA) is 67.9 Å². The van der Waals surface area contributed by atoms with E-state index in [-0.39, 0.29) is 17.7 Å². The van der Waals surface area contributed by atoms with E-state index in [1.165, 1.54) is 0 Å². The maximum absolute atomic E-state index is 13.0. The first-order valence-corrected chi connectivity index (χ1v) is 9.46. The van der Waals surface area contributed by atoms with Gasteiger partial charge in [-0.05, 0) is 55.7 Å². The average Bonchev–Trinajstić information content (AvgIpc) is 3.57. The highest BCUT2D eigenvalue weighted by atomic mass is 16.5. The molecule has 0 bridgehead atoms. The minimum Gasteiger partial charge on any atom is -0.493 e. The lowest BCUT2D eigenvalue weighted by Gasteiger charge is -2.22. The smallest absolute Gasteiger partial charge is 0.254 e. The van der Waals surface area contributed by atoms with Crippen LogP contribution in [0.1, 0.15) is 35.7 Å². The monoisotopic (exact) mass is 382 g/mol. The van der Waals surface area contributed by atoms with Gasteiger partial charge in [0, 0.05) is 30.3 Å². The van der Waals surface area contributed by atoms with E-state index in [0.717, 1.165) is 18.4 Å². The average molecular weight is 382 g/mol. The first kappa shape index (κ1) is 19.7. The minimum atomic E-state index is -0.0835. The first-order valence-electron chi connectivity index (χ1n) is 9.46. The van der Waals surface area contributed by atoms with Gasteiger partial charge in [0.05, 0.1) is 14.2 Å². The van der Waals surface area contributed by atoms with Gasteiger partial charge in [0.25, 0.3) is 5.91 Å². The molecular weight excluding hydrogens is 356 g/mol. The van der Waals surface area contributed by atoms with Crippen molar-refractivity contribution >= 4 is 17.5 Å². The van der Waals surface area contributed by atoms with Gasteiger partial charge < -0.3 is 19.7 Å². The molecule has 2 aromatic carbocycles. The summed E-state index contributed by atoms with van der Waals surface area (Å²) in [5, 5.41) is 2.89. The number of benzene rings is 2. The van der Waals surface area contributed by atoms with Crippen LogP contribution < -0.4 is 14.8 Å². The molecule has 28 heavy (non-hydrogen) atoms. The van der Waals surface area contributed by atoms with Crippen molar-refractivity contribution in [1.29, 1.82) is 0 Å². The fourth-order valence-electron chi connectivity index (χ4n) is 3.03. The molecule has 2 aromatic rings. The molecule has 0 unspecified atom stereocenters. The Morgan fingerprint density at radius 2 is 1.82 bits per heavy atom. The molecule has 0 radical (unpaired) electrons. The maximum Gasteiger partial charge on any atom is 0.254 e.